The zero-order chi connectivity index (χ0) is 13.9. The topological polar surface area (TPSA) is 57.8 Å². The summed E-state index contributed by atoms with van der Waals surface area (Å²) >= 11 is 0. The van der Waals surface area contributed by atoms with E-state index in [-0.39, 0.29) is 11.8 Å². The van der Waals surface area contributed by atoms with Gasteiger partial charge in [0, 0.05) is 18.0 Å². The van der Waals surface area contributed by atoms with Gasteiger partial charge < -0.3 is 10.3 Å². The van der Waals surface area contributed by atoms with Crippen LogP contribution in [0.5, 0.6) is 0 Å². The predicted octanol–water partition coefficient (Wildman–Crippen LogP) is 3.64. The van der Waals surface area contributed by atoms with E-state index < -0.39 is 0 Å². The highest BCUT2D eigenvalue weighted by atomic mass is 16.1. The number of imidazole rings is 1. The monoisotopic (exact) mass is 271 g/mol. The lowest BCUT2D eigenvalue weighted by molar-refractivity contribution is -0.120. The summed E-state index contributed by atoms with van der Waals surface area (Å²) in [5.41, 5.74) is 2.81. The fourth-order valence-corrected chi connectivity index (χ4v) is 2.92. The van der Waals surface area contributed by atoms with Crippen LogP contribution in [0.15, 0.2) is 18.2 Å². The Morgan fingerprint density at radius 1 is 1.35 bits per heavy atom. The van der Waals surface area contributed by atoms with Gasteiger partial charge >= 0.3 is 0 Å². The normalized spacial score (nSPS) is 16.4. The molecule has 1 heterocycles. The minimum atomic E-state index is 0.166. The fraction of sp³-hybridized carbons (Fsp3) is 0.500. The lowest BCUT2D eigenvalue weighted by atomic mass is 9.88. The third kappa shape index (κ3) is 2.69. The minimum absolute atomic E-state index is 0.166. The number of hydrogen-bond donors (Lipinski definition) is 2. The van der Waals surface area contributed by atoms with Crippen LogP contribution < -0.4 is 5.32 Å². The van der Waals surface area contributed by atoms with E-state index in [0.717, 1.165) is 41.8 Å². The van der Waals surface area contributed by atoms with Gasteiger partial charge in [0.15, 0.2) is 0 Å². The van der Waals surface area contributed by atoms with Gasteiger partial charge in [-0.2, -0.15) is 0 Å². The Morgan fingerprint density at radius 3 is 2.90 bits per heavy atom. The lowest BCUT2D eigenvalue weighted by Crippen LogP contribution is -2.24. The van der Waals surface area contributed by atoms with Crippen LogP contribution in [0.2, 0.25) is 0 Å². The van der Waals surface area contributed by atoms with Gasteiger partial charge in [0.25, 0.3) is 0 Å². The molecule has 2 N–H and O–H groups in total. The van der Waals surface area contributed by atoms with Crippen LogP contribution in [-0.4, -0.2) is 15.9 Å². The zero-order valence-electron chi connectivity index (χ0n) is 11.9. The predicted molar refractivity (Wildman–Crippen MR) is 80.7 cm³/mol. The van der Waals surface area contributed by atoms with Crippen LogP contribution in [0.25, 0.3) is 11.0 Å². The molecule has 0 radical (unpaired) electrons. The second-order valence-electron chi connectivity index (χ2n) is 5.59. The number of aromatic nitrogens is 2. The summed E-state index contributed by atoms with van der Waals surface area (Å²) in [4.78, 5) is 20.0. The van der Waals surface area contributed by atoms with Crippen molar-refractivity contribution < 1.29 is 4.79 Å². The van der Waals surface area contributed by atoms with Gasteiger partial charge in [-0.1, -0.05) is 26.2 Å². The number of anilines is 1. The first kappa shape index (κ1) is 13.2. The molecule has 0 saturated heterocycles. The van der Waals surface area contributed by atoms with Crippen LogP contribution in [0.1, 0.15) is 44.9 Å². The smallest absolute Gasteiger partial charge is 0.227 e. The Balaban J connectivity index is 1.74. The summed E-state index contributed by atoms with van der Waals surface area (Å²) in [7, 11) is 0. The molecule has 4 nitrogen and oxygen atoms in total. The van der Waals surface area contributed by atoms with Crippen molar-refractivity contribution in [2.75, 3.05) is 5.32 Å². The molecular weight excluding hydrogens is 250 g/mol. The minimum Gasteiger partial charge on any atom is -0.342 e. The number of H-pyrrole nitrogens is 1. The van der Waals surface area contributed by atoms with Gasteiger partial charge in [-0.3, -0.25) is 4.79 Å². The van der Waals surface area contributed by atoms with Crippen molar-refractivity contribution in [3.63, 3.8) is 0 Å². The largest absolute Gasteiger partial charge is 0.342 e. The zero-order valence-corrected chi connectivity index (χ0v) is 11.9. The average Bonchev–Trinajstić information content (AvgIpc) is 2.90. The van der Waals surface area contributed by atoms with Gasteiger partial charge in [0.05, 0.1) is 11.0 Å². The van der Waals surface area contributed by atoms with E-state index in [9.17, 15) is 4.79 Å². The quantitative estimate of drug-likeness (QED) is 0.895. The summed E-state index contributed by atoms with van der Waals surface area (Å²) in [5.74, 6) is 1.34. The number of aromatic amines is 1. The number of hydrogen-bond acceptors (Lipinski definition) is 2. The number of rotatable bonds is 3. The van der Waals surface area contributed by atoms with Crippen molar-refractivity contribution in [1.29, 1.82) is 0 Å². The molecule has 4 heteroatoms. The van der Waals surface area contributed by atoms with Gasteiger partial charge in [-0.05, 0) is 31.0 Å². The molecule has 0 spiro atoms. The first-order valence-corrected chi connectivity index (χ1v) is 7.56. The van der Waals surface area contributed by atoms with Gasteiger partial charge in [-0.25, -0.2) is 4.98 Å². The molecule has 1 saturated carbocycles. The fourth-order valence-electron chi connectivity index (χ4n) is 2.92. The number of amides is 1. The molecule has 1 aromatic carbocycles. The maximum absolute atomic E-state index is 12.2. The molecule has 1 aliphatic carbocycles. The Bertz CT molecular complexity index is 611. The highest BCUT2D eigenvalue weighted by Gasteiger charge is 2.21. The Morgan fingerprint density at radius 2 is 2.15 bits per heavy atom. The Labute approximate surface area is 119 Å². The van der Waals surface area contributed by atoms with Crippen molar-refractivity contribution in [3.8, 4) is 0 Å². The van der Waals surface area contributed by atoms with Gasteiger partial charge in [0.2, 0.25) is 5.91 Å². The van der Waals surface area contributed by atoms with Crippen molar-refractivity contribution in [2.24, 2.45) is 5.92 Å². The number of aryl methyl sites for hydroxylation is 1. The summed E-state index contributed by atoms with van der Waals surface area (Å²) in [6.45, 7) is 2.07. The molecule has 1 amide bonds. The molecule has 1 aromatic heterocycles. The highest BCUT2D eigenvalue weighted by Crippen LogP contribution is 2.25. The maximum atomic E-state index is 12.2. The second kappa shape index (κ2) is 5.65. The Hall–Kier alpha value is -1.84. The average molecular weight is 271 g/mol. The third-order valence-electron chi connectivity index (χ3n) is 4.11. The highest BCUT2D eigenvalue weighted by molar-refractivity contribution is 5.94. The number of nitrogens with zero attached hydrogens (tertiary/aromatic N) is 1. The lowest BCUT2D eigenvalue weighted by Gasteiger charge is -2.20. The van der Waals surface area contributed by atoms with E-state index in [1.807, 2.05) is 18.2 Å². The molecule has 3 rings (SSSR count). The van der Waals surface area contributed by atoms with Crippen LogP contribution in [0.3, 0.4) is 0 Å². The first-order valence-electron chi connectivity index (χ1n) is 7.56. The molecule has 20 heavy (non-hydrogen) atoms. The summed E-state index contributed by atoms with van der Waals surface area (Å²) < 4.78 is 0. The third-order valence-corrected chi connectivity index (χ3v) is 4.11. The van der Waals surface area contributed by atoms with Gasteiger partial charge in [0.1, 0.15) is 5.82 Å². The number of carbonyl (C=O) groups excluding carboxylic acids is 1. The number of fused-ring (bicyclic) bond motifs is 1. The molecule has 1 fully saturated rings. The van der Waals surface area contributed by atoms with Crippen LogP contribution in [0, 0.1) is 5.92 Å². The maximum Gasteiger partial charge on any atom is 0.227 e. The number of nitrogens with one attached hydrogen (secondary N) is 2. The molecular formula is C16H21N3O. The molecule has 2 aromatic rings. The summed E-state index contributed by atoms with van der Waals surface area (Å²) in [6, 6.07) is 5.87. The second-order valence-corrected chi connectivity index (χ2v) is 5.59. The summed E-state index contributed by atoms with van der Waals surface area (Å²) in [5, 5.41) is 3.04. The molecule has 0 aliphatic heterocycles. The van der Waals surface area contributed by atoms with Crippen LogP contribution in [-0.2, 0) is 11.2 Å². The molecule has 106 valence electrons. The molecule has 0 bridgehead atoms. The van der Waals surface area contributed by atoms with Crippen LogP contribution >= 0.6 is 0 Å². The molecule has 1 aliphatic rings. The first-order chi connectivity index (χ1) is 9.76. The van der Waals surface area contributed by atoms with Crippen molar-refractivity contribution >= 4 is 22.6 Å². The van der Waals surface area contributed by atoms with E-state index in [2.05, 4.69) is 22.2 Å². The SMILES string of the molecule is CCc1nc2ccc(NC(=O)C3CCCCC3)cc2[nH]1. The van der Waals surface area contributed by atoms with E-state index in [0.29, 0.717) is 0 Å². The number of benzene rings is 1. The number of carbonyl (C=O) groups is 1. The molecule has 0 unspecified atom stereocenters. The van der Waals surface area contributed by atoms with E-state index in [1.165, 1.54) is 19.3 Å². The van der Waals surface area contributed by atoms with Gasteiger partial charge in [-0.15, -0.1) is 0 Å². The van der Waals surface area contributed by atoms with Crippen molar-refractivity contribution in [1.82, 2.24) is 9.97 Å². The molecule has 0 atom stereocenters. The van der Waals surface area contributed by atoms with E-state index >= 15 is 0 Å². The van der Waals surface area contributed by atoms with E-state index in [1.54, 1.807) is 0 Å². The Kier molecular flexibility index (Phi) is 3.72. The summed E-state index contributed by atoms with van der Waals surface area (Å²) in [6.07, 6.45) is 6.56. The standard InChI is InChI=1S/C16H21N3O/c1-2-15-18-13-9-8-12(10-14(13)19-15)17-16(20)11-6-4-3-5-7-11/h8-11H,2-7H2,1H3,(H,17,20)(H,18,19). The van der Waals surface area contributed by atoms with Crippen molar-refractivity contribution in [3.05, 3.63) is 24.0 Å². The van der Waals surface area contributed by atoms with E-state index in [4.69, 9.17) is 0 Å². The van der Waals surface area contributed by atoms with Crippen molar-refractivity contribution in [2.45, 2.75) is 45.4 Å². The van der Waals surface area contributed by atoms with Crippen LogP contribution in [0.4, 0.5) is 5.69 Å².